The maximum Gasteiger partial charge on any atom is 0.482 e. The van der Waals surface area contributed by atoms with E-state index in [2.05, 4.69) is 31.9 Å². The van der Waals surface area contributed by atoms with Crippen LogP contribution in [0.2, 0.25) is 0 Å². The van der Waals surface area contributed by atoms with Gasteiger partial charge >= 0.3 is 17.4 Å². The largest absolute Gasteiger partial charge is 0.610 e. The lowest BCUT2D eigenvalue weighted by Gasteiger charge is -2.39. The zero-order valence-corrected chi connectivity index (χ0v) is 17.2. The van der Waals surface area contributed by atoms with E-state index in [0.29, 0.717) is 0 Å². The van der Waals surface area contributed by atoms with Crippen molar-refractivity contribution in [1.82, 2.24) is 0 Å². The second-order valence-corrected chi connectivity index (χ2v) is 9.07. The van der Waals surface area contributed by atoms with Gasteiger partial charge in [0.1, 0.15) is 0 Å². The molecule has 1 aliphatic rings. The molecule has 1 radical (unpaired) electrons. The van der Waals surface area contributed by atoms with Crippen LogP contribution in [0.15, 0.2) is 45.4 Å². The predicted octanol–water partition coefficient (Wildman–Crippen LogP) is 6.07. The molecule has 1 aromatic rings. The Morgan fingerprint density at radius 3 is 1.93 bits per heavy atom. The van der Waals surface area contributed by atoms with Crippen molar-refractivity contribution in [2.45, 2.75) is 22.1 Å². The second-order valence-electron chi connectivity index (χ2n) is 5.51. The van der Waals surface area contributed by atoms with Crippen LogP contribution in [0, 0.1) is 17.8 Å². The first-order valence-corrected chi connectivity index (χ1v) is 9.79. The molecule has 0 amide bonds. The van der Waals surface area contributed by atoms with Gasteiger partial charge in [0.05, 0.1) is 11.6 Å². The first-order chi connectivity index (χ1) is 12.7. The molecule has 0 saturated carbocycles. The van der Waals surface area contributed by atoms with Crippen molar-refractivity contribution in [3.05, 3.63) is 62.9 Å². The summed E-state index contributed by atoms with van der Waals surface area (Å²) in [6.07, 6.45) is -3.77. The number of nitrogens with zero attached hydrogens (tertiary/aromatic N) is 1. The Morgan fingerprint density at radius 2 is 1.46 bits per heavy atom. The molecular weight excluding hydrogens is 547 g/mol. The molecule has 0 N–H and O–H groups in total. The highest BCUT2D eigenvalue weighted by molar-refractivity contribution is 9.12. The van der Waals surface area contributed by atoms with Gasteiger partial charge < -0.3 is 4.55 Å². The summed E-state index contributed by atoms with van der Waals surface area (Å²) in [7, 11) is 0. The average Bonchev–Trinajstić information content (AvgIpc) is 2.58. The Bertz CT molecular complexity index is 858. The van der Waals surface area contributed by atoms with E-state index in [4.69, 9.17) is 0 Å². The Labute approximate surface area is 174 Å². The number of nitriles is 1. The third kappa shape index (κ3) is 3.74. The molecule has 1 aromatic carbocycles. The molecule has 0 bridgehead atoms. The lowest BCUT2D eigenvalue weighted by atomic mass is 9.90. The fourth-order valence-electron chi connectivity index (χ4n) is 2.44. The smallest absolute Gasteiger partial charge is 0.482 e. The van der Waals surface area contributed by atoms with Gasteiger partial charge in [0.2, 0.25) is 0 Å². The van der Waals surface area contributed by atoms with E-state index >= 15 is 0 Å². The van der Waals surface area contributed by atoms with Crippen LogP contribution < -0.4 is 0 Å². The van der Waals surface area contributed by atoms with E-state index in [-0.39, 0.29) is 14.5 Å². The maximum atomic E-state index is 14.3. The Kier molecular flexibility index (Phi) is 6.36. The highest BCUT2D eigenvalue weighted by atomic mass is 79.9. The van der Waals surface area contributed by atoms with E-state index in [1.165, 1.54) is 18.6 Å². The number of hydrogen-bond donors (Lipinski definition) is 0. The van der Waals surface area contributed by atoms with Gasteiger partial charge in [-0.05, 0) is 18.2 Å². The van der Waals surface area contributed by atoms with Crippen molar-refractivity contribution in [3.63, 3.8) is 0 Å². The van der Waals surface area contributed by atoms with Crippen molar-refractivity contribution in [1.29, 1.82) is 5.26 Å². The highest BCUT2D eigenvalue weighted by Gasteiger charge is 2.82. The van der Waals surface area contributed by atoms with Gasteiger partial charge in [-0.3, -0.25) is 0 Å². The molecule has 151 valence electrons. The first-order valence-electron chi connectivity index (χ1n) is 7.06. The normalized spacial score (nSPS) is 18.8. The molecule has 0 heterocycles. The lowest BCUT2D eigenvalue weighted by molar-refractivity contribution is -0.332. The van der Waals surface area contributed by atoms with Crippen molar-refractivity contribution in [3.8, 4) is 6.07 Å². The van der Waals surface area contributed by atoms with Gasteiger partial charge in [-0.25, -0.2) is 0 Å². The molecule has 1 atom stereocenters. The minimum Gasteiger partial charge on any atom is -0.610 e. The number of hydrogen-bond acceptors (Lipinski definition) is 2. The van der Waals surface area contributed by atoms with Gasteiger partial charge in [-0.2, -0.15) is 27.2 Å². The molecule has 1 aliphatic carbocycles. The number of rotatable bonds is 4. The molecule has 1 unspecified atom stereocenters. The summed E-state index contributed by atoms with van der Waals surface area (Å²) >= 11 is 1.69. The van der Waals surface area contributed by atoms with E-state index < -0.39 is 38.8 Å². The molecule has 0 fully saturated rings. The van der Waals surface area contributed by atoms with Crippen LogP contribution in [0.5, 0.6) is 0 Å². The fourth-order valence-corrected chi connectivity index (χ4v) is 5.89. The molecular formula is C16H7Br2F7NOS. The standard InChI is InChI=1S/C16H7Br2F7NOS/c17-10-5-11(18)7-13(6-10,12-4-2-1-3-9(12)8-26)28(27)16(24,25)14(19,20)15(21,22)23/h1-7H. The van der Waals surface area contributed by atoms with E-state index in [0.717, 1.165) is 24.3 Å². The Morgan fingerprint density at radius 1 is 0.964 bits per heavy atom. The van der Waals surface area contributed by atoms with Crippen molar-refractivity contribution < 1.29 is 35.3 Å². The zero-order chi connectivity index (χ0) is 21.5. The number of halogens is 9. The van der Waals surface area contributed by atoms with Crippen LogP contribution in [0.4, 0.5) is 30.7 Å². The summed E-state index contributed by atoms with van der Waals surface area (Å²) in [4.78, 5) is 0. The van der Waals surface area contributed by atoms with Crippen molar-refractivity contribution in [2.75, 3.05) is 0 Å². The van der Waals surface area contributed by atoms with Crippen LogP contribution in [-0.2, 0) is 15.9 Å². The molecule has 0 spiro atoms. The molecule has 12 heteroatoms. The zero-order valence-electron chi connectivity index (χ0n) is 13.2. The van der Waals surface area contributed by atoms with Crippen molar-refractivity contribution in [2.24, 2.45) is 0 Å². The van der Waals surface area contributed by atoms with E-state index in [9.17, 15) is 40.5 Å². The Balaban J connectivity index is 2.82. The summed E-state index contributed by atoms with van der Waals surface area (Å²) in [5.74, 6) is -6.58. The second kappa shape index (κ2) is 7.66. The third-order valence-electron chi connectivity index (χ3n) is 3.71. The molecule has 2 nitrogen and oxygen atoms in total. The van der Waals surface area contributed by atoms with Crippen molar-refractivity contribution >= 4 is 43.0 Å². The van der Waals surface area contributed by atoms with Crippen LogP contribution in [-0.4, -0.2) is 21.9 Å². The monoisotopic (exact) mass is 552 g/mol. The number of allylic oxidation sites excluding steroid dienone is 2. The van der Waals surface area contributed by atoms with Gasteiger partial charge in [0.15, 0.2) is 4.75 Å². The number of alkyl halides is 7. The Hall–Kier alpha value is -1.03. The SMILES string of the molecule is N#Cc1ccccc1C1([S+]([O-])C(F)(F)C(F)(F)C(F)(F)F)C=C(Br)[CH]C(Br)=C1. The third-order valence-corrected chi connectivity index (χ3v) is 6.42. The summed E-state index contributed by atoms with van der Waals surface area (Å²) in [5, 5.41) is 3.22. The quantitative estimate of drug-likeness (QED) is 0.336. The van der Waals surface area contributed by atoms with Gasteiger partial charge in [0.25, 0.3) is 0 Å². The van der Waals surface area contributed by atoms with Gasteiger partial charge in [-0.15, -0.1) is 8.78 Å². The summed E-state index contributed by atoms with van der Waals surface area (Å²) in [5.41, 5.74) is -0.743. The molecule has 28 heavy (non-hydrogen) atoms. The predicted molar refractivity (Wildman–Crippen MR) is 95.2 cm³/mol. The molecule has 2 rings (SSSR count). The first kappa shape index (κ1) is 23.3. The summed E-state index contributed by atoms with van der Waals surface area (Å²) < 4.78 is 104. The van der Waals surface area contributed by atoms with E-state index in [1.54, 1.807) is 6.07 Å². The summed E-state index contributed by atoms with van der Waals surface area (Å²) in [6.45, 7) is 0. The summed E-state index contributed by atoms with van der Waals surface area (Å²) in [6, 6.07) is 6.40. The average molecular weight is 554 g/mol. The highest BCUT2D eigenvalue weighted by Crippen LogP contribution is 2.56. The van der Waals surface area contributed by atoms with Gasteiger partial charge in [0, 0.05) is 32.1 Å². The molecule has 0 saturated heterocycles. The van der Waals surface area contributed by atoms with Crippen LogP contribution in [0.25, 0.3) is 0 Å². The minimum atomic E-state index is -6.65. The fraction of sp³-hybridized carbons (Fsp3) is 0.250. The van der Waals surface area contributed by atoms with Crippen LogP contribution >= 0.6 is 31.9 Å². The molecule has 0 aliphatic heterocycles. The topological polar surface area (TPSA) is 46.8 Å². The van der Waals surface area contributed by atoms with E-state index in [1.807, 2.05) is 0 Å². The molecule has 0 aromatic heterocycles. The number of benzene rings is 1. The lowest BCUT2D eigenvalue weighted by Crippen LogP contribution is -2.60. The minimum absolute atomic E-state index is 0.0194. The van der Waals surface area contributed by atoms with Crippen LogP contribution in [0.3, 0.4) is 0 Å². The maximum absolute atomic E-state index is 14.3. The van der Waals surface area contributed by atoms with Crippen LogP contribution in [0.1, 0.15) is 11.1 Å². The van der Waals surface area contributed by atoms with Gasteiger partial charge in [-0.1, -0.05) is 50.1 Å².